The van der Waals surface area contributed by atoms with Crippen molar-refractivity contribution < 1.29 is 4.84 Å². The Hall–Kier alpha value is -0.120. The fourth-order valence-electron chi connectivity index (χ4n) is 2.32. The molecule has 3 heteroatoms. The van der Waals surface area contributed by atoms with Gasteiger partial charge in [-0.1, -0.05) is 0 Å². The summed E-state index contributed by atoms with van der Waals surface area (Å²) in [5.74, 6) is 0.932. The predicted octanol–water partition coefficient (Wildman–Crippen LogP) is 1.40. The fourth-order valence-corrected chi connectivity index (χ4v) is 2.32. The van der Waals surface area contributed by atoms with Crippen LogP contribution in [0.1, 0.15) is 32.1 Å². The first-order chi connectivity index (χ1) is 6.95. The molecule has 2 aliphatic rings. The van der Waals surface area contributed by atoms with E-state index in [1.54, 1.807) is 0 Å². The van der Waals surface area contributed by atoms with Crippen molar-refractivity contribution in [1.29, 1.82) is 0 Å². The van der Waals surface area contributed by atoms with Crippen LogP contribution in [0.2, 0.25) is 0 Å². The van der Waals surface area contributed by atoms with Crippen molar-refractivity contribution in [2.75, 3.05) is 32.8 Å². The minimum Gasteiger partial charge on any atom is -0.317 e. The summed E-state index contributed by atoms with van der Waals surface area (Å²) < 4.78 is 0. The largest absolute Gasteiger partial charge is 0.317 e. The third-order valence-corrected chi connectivity index (χ3v) is 3.32. The van der Waals surface area contributed by atoms with Crippen molar-refractivity contribution in [3.05, 3.63) is 0 Å². The van der Waals surface area contributed by atoms with Gasteiger partial charge in [-0.15, -0.1) is 0 Å². The van der Waals surface area contributed by atoms with Gasteiger partial charge in [0.15, 0.2) is 0 Å². The lowest BCUT2D eigenvalue weighted by molar-refractivity contribution is -0.182. The van der Waals surface area contributed by atoms with Crippen molar-refractivity contribution in [1.82, 2.24) is 10.4 Å². The summed E-state index contributed by atoms with van der Waals surface area (Å²) in [6, 6.07) is 0. The van der Waals surface area contributed by atoms with Crippen LogP contribution < -0.4 is 5.32 Å². The molecule has 0 atom stereocenters. The SMILES string of the molecule is C1CCN(CCC2CCNCC2)OC1. The van der Waals surface area contributed by atoms with Crippen molar-refractivity contribution in [2.45, 2.75) is 32.1 Å². The number of rotatable bonds is 3. The number of hydrogen-bond donors (Lipinski definition) is 1. The van der Waals surface area contributed by atoms with Crippen LogP contribution in [0, 0.1) is 5.92 Å². The molecule has 3 nitrogen and oxygen atoms in total. The zero-order chi connectivity index (χ0) is 9.64. The molecule has 2 fully saturated rings. The van der Waals surface area contributed by atoms with Gasteiger partial charge in [-0.05, 0) is 51.1 Å². The van der Waals surface area contributed by atoms with Crippen LogP contribution >= 0.6 is 0 Å². The molecule has 0 bridgehead atoms. The Balaban J connectivity index is 1.60. The van der Waals surface area contributed by atoms with Gasteiger partial charge in [-0.25, -0.2) is 0 Å². The molecule has 0 aromatic carbocycles. The summed E-state index contributed by atoms with van der Waals surface area (Å²) >= 11 is 0. The third-order valence-electron chi connectivity index (χ3n) is 3.32. The van der Waals surface area contributed by atoms with E-state index in [1.807, 2.05) is 0 Å². The van der Waals surface area contributed by atoms with Crippen LogP contribution in [0.5, 0.6) is 0 Å². The topological polar surface area (TPSA) is 24.5 Å². The van der Waals surface area contributed by atoms with Gasteiger partial charge in [-0.3, -0.25) is 4.84 Å². The Kier molecular flexibility index (Phi) is 4.22. The Bertz CT molecular complexity index is 133. The molecular formula is C11H22N2O. The molecule has 0 spiro atoms. The van der Waals surface area contributed by atoms with E-state index in [0.29, 0.717) is 0 Å². The summed E-state index contributed by atoms with van der Waals surface area (Å²) in [5.41, 5.74) is 0. The number of nitrogens with one attached hydrogen (secondary N) is 1. The van der Waals surface area contributed by atoms with Gasteiger partial charge < -0.3 is 5.32 Å². The Morgan fingerprint density at radius 1 is 1.21 bits per heavy atom. The number of hydroxylamine groups is 2. The van der Waals surface area contributed by atoms with E-state index >= 15 is 0 Å². The molecule has 2 heterocycles. The first-order valence-electron chi connectivity index (χ1n) is 6.04. The zero-order valence-electron chi connectivity index (χ0n) is 9.00. The second kappa shape index (κ2) is 5.69. The van der Waals surface area contributed by atoms with E-state index < -0.39 is 0 Å². The fraction of sp³-hybridized carbons (Fsp3) is 1.00. The highest BCUT2D eigenvalue weighted by Gasteiger charge is 2.16. The van der Waals surface area contributed by atoms with Crippen LogP contribution in [0.4, 0.5) is 0 Å². The highest BCUT2D eigenvalue weighted by atomic mass is 16.7. The van der Waals surface area contributed by atoms with Gasteiger partial charge in [0.2, 0.25) is 0 Å². The van der Waals surface area contributed by atoms with E-state index in [1.165, 1.54) is 45.2 Å². The molecular weight excluding hydrogens is 176 g/mol. The number of hydrogen-bond acceptors (Lipinski definition) is 3. The van der Waals surface area contributed by atoms with E-state index in [2.05, 4.69) is 10.4 Å². The quantitative estimate of drug-likeness (QED) is 0.742. The van der Waals surface area contributed by atoms with E-state index in [0.717, 1.165) is 25.6 Å². The minimum atomic E-state index is 0.932. The Morgan fingerprint density at radius 2 is 2.07 bits per heavy atom. The highest BCUT2D eigenvalue weighted by Crippen LogP contribution is 2.17. The molecule has 0 unspecified atom stereocenters. The van der Waals surface area contributed by atoms with Gasteiger partial charge >= 0.3 is 0 Å². The minimum absolute atomic E-state index is 0.932. The summed E-state index contributed by atoms with van der Waals surface area (Å²) in [6.07, 6.45) is 6.58. The van der Waals surface area contributed by atoms with Crippen molar-refractivity contribution in [2.24, 2.45) is 5.92 Å². The summed E-state index contributed by atoms with van der Waals surface area (Å²) in [4.78, 5) is 5.59. The lowest BCUT2D eigenvalue weighted by Gasteiger charge is -2.29. The van der Waals surface area contributed by atoms with Gasteiger partial charge in [0.25, 0.3) is 0 Å². The van der Waals surface area contributed by atoms with Gasteiger partial charge in [0.1, 0.15) is 0 Å². The second-order valence-corrected chi connectivity index (χ2v) is 4.45. The molecule has 2 rings (SSSR count). The third kappa shape index (κ3) is 3.23. The van der Waals surface area contributed by atoms with Crippen molar-refractivity contribution in [3.8, 4) is 0 Å². The maximum absolute atomic E-state index is 5.59. The smallest absolute Gasteiger partial charge is 0.0685 e. The molecule has 0 aliphatic carbocycles. The highest BCUT2D eigenvalue weighted by molar-refractivity contribution is 4.69. The van der Waals surface area contributed by atoms with Gasteiger partial charge in [0.05, 0.1) is 6.61 Å². The average molecular weight is 198 g/mol. The summed E-state index contributed by atoms with van der Waals surface area (Å²) in [6.45, 7) is 5.65. The molecule has 0 radical (unpaired) electrons. The standard InChI is InChI=1S/C11H22N2O/c1-2-10-14-13(8-1)9-5-11-3-6-12-7-4-11/h11-12H,1-10H2. The van der Waals surface area contributed by atoms with Crippen molar-refractivity contribution in [3.63, 3.8) is 0 Å². The summed E-state index contributed by atoms with van der Waals surface area (Å²) in [5, 5.41) is 5.58. The lowest BCUT2D eigenvalue weighted by Crippen LogP contribution is -2.34. The molecule has 82 valence electrons. The maximum atomic E-state index is 5.59. The summed E-state index contributed by atoms with van der Waals surface area (Å²) in [7, 11) is 0. The molecule has 0 aromatic rings. The zero-order valence-corrected chi connectivity index (χ0v) is 9.00. The maximum Gasteiger partial charge on any atom is 0.0685 e. The molecule has 0 aromatic heterocycles. The molecule has 0 amide bonds. The van der Waals surface area contributed by atoms with E-state index in [-0.39, 0.29) is 0 Å². The number of nitrogens with zero attached hydrogens (tertiary/aromatic N) is 1. The van der Waals surface area contributed by atoms with Crippen LogP contribution in [0.25, 0.3) is 0 Å². The van der Waals surface area contributed by atoms with E-state index in [9.17, 15) is 0 Å². The molecule has 0 saturated carbocycles. The van der Waals surface area contributed by atoms with Crippen LogP contribution in [-0.2, 0) is 4.84 Å². The lowest BCUT2D eigenvalue weighted by atomic mass is 9.95. The van der Waals surface area contributed by atoms with Gasteiger partial charge in [0, 0.05) is 13.1 Å². The Labute approximate surface area is 86.8 Å². The second-order valence-electron chi connectivity index (χ2n) is 4.45. The monoisotopic (exact) mass is 198 g/mol. The van der Waals surface area contributed by atoms with Crippen molar-refractivity contribution >= 4 is 0 Å². The van der Waals surface area contributed by atoms with Crippen LogP contribution in [0.15, 0.2) is 0 Å². The molecule has 2 aliphatic heterocycles. The van der Waals surface area contributed by atoms with Crippen LogP contribution in [0.3, 0.4) is 0 Å². The molecule has 1 N–H and O–H groups in total. The first kappa shape index (κ1) is 10.4. The first-order valence-corrected chi connectivity index (χ1v) is 6.04. The predicted molar refractivity (Wildman–Crippen MR) is 57.0 cm³/mol. The van der Waals surface area contributed by atoms with E-state index in [4.69, 9.17) is 4.84 Å². The van der Waals surface area contributed by atoms with Gasteiger partial charge in [-0.2, -0.15) is 5.06 Å². The average Bonchev–Trinajstić information content (AvgIpc) is 2.29. The molecule has 14 heavy (non-hydrogen) atoms. The number of piperidine rings is 1. The molecule has 2 saturated heterocycles. The normalized spacial score (nSPS) is 26.6. The van der Waals surface area contributed by atoms with Crippen LogP contribution in [-0.4, -0.2) is 37.8 Å². The Morgan fingerprint density at radius 3 is 2.79 bits per heavy atom.